The molecule has 0 aliphatic carbocycles. The Labute approximate surface area is 92.6 Å². The first-order valence-corrected chi connectivity index (χ1v) is 4.77. The van der Waals surface area contributed by atoms with Crippen LogP contribution in [0.4, 0.5) is 5.69 Å². The van der Waals surface area contributed by atoms with Crippen LogP contribution in [0.15, 0.2) is 48.8 Å². The molecule has 2 rings (SSSR count). The summed E-state index contributed by atoms with van der Waals surface area (Å²) < 4.78 is 0. The van der Waals surface area contributed by atoms with E-state index in [0.29, 0.717) is 11.3 Å². The summed E-state index contributed by atoms with van der Waals surface area (Å²) in [7, 11) is 0. The summed E-state index contributed by atoms with van der Waals surface area (Å²) in [6, 6.07) is 9.90. The van der Waals surface area contributed by atoms with E-state index in [1.807, 2.05) is 0 Å². The molecule has 0 unspecified atom stereocenters. The van der Waals surface area contributed by atoms with Crippen molar-refractivity contribution in [3.8, 4) is 5.75 Å². The van der Waals surface area contributed by atoms with Gasteiger partial charge in [0, 0.05) is 12.4 Å². The molecule has 2 aromatic rings. The third kappa shape index (κ3) is 2.17. The van der Waals surface area contributed by atoms with E-state index in [1.54, 1.807) is 36.5 Å². The Hall–Kier alpha value is -2.36. The second-order valence-corrected chi connectivity index (χ2v) is 3.21. The van der Waals surface area contributed by atoms with Gasteiger partial charge in [0.15, 0.2) is 0 Å². The number of phenolic OH excluding ortho intramolecular Hbond substituents is 1. The molecule has 0 aliphatic heterocycles. The molecule has 1 aromatic carbocycles. The van der Waals surface area contributed by atoms with Gasteiger partial charge in [-0.1, -0.05) is 12.1 Å². The maximum atomic E-state index is 11.7. The van der Waals surface area contributed by atoms with E-state index in [4.69, 9.17) is 0 Å². The molecule has 16 heavy (non-hydrogen) atoms. The van der Waals surface area contributed by atoms with Gasteiger partial charge in [-0.05, 0) is 24.3 Å². The number of hydrogen-bond donors (Lipinski definition) is 2. The second-order valence-electron chi connectivity index (χ2n) is 3.21. The molecule has 0 radical (unpaired) electrons. The summed E-state index contributed by atoms with van der Waals surface area (Å²) in [6.07, 6.45) is 3.06. The van der Waals surface area contributed by atoms with Gasteiger partial charge < -0.3 is 10.4 Å². The Morgan fingerprint density at radius 2 is 2.00 bits per heavy atom. The maximum absolute atomic E-state index is 11.7. The molecule has 0 fully saturated rings. The van der Waals surface area contributed by atoms with Gasteiger partial charge in [-0.2, -0.15) is 0 Å². The van der Waals surface area contributed by atoms with Crippen LogP contribution in [0.25, 0.3) is 0 Å². The summed E-state index contributed by atoms with van der Waals surface area (Å²) in [4.78, 5) is 15.6. The predicted octanol–water partition coefficient (Wildman–Crippen LogP) is 2.04. The number of nitrogens with zero attached hydrogens (tertiary/aromatic N) is 1. The van der Waals surface area contributed by atoms with Crippen LogP contribution in [0.1, 0.15) is 10.4 Å². The Balaban J connectivity index is 2.18. The van der Waals surface area contributed by atoms with Crippen molar-refractivity contribution >= 4 is 11.6 Å². The molecule has 4 heteroatoms. The highest BCUT2D eigenvalue weighted by molar-refractivity contribution is 6.04. The Kier molecular flexibility index (Phi) is 2.82. The normalized spacial score (nSPS) is 9.75. The van der Waals surface area contributed by atoms with E-state index in [9.17, 15) is 9.90 Å². The lowest BCUT2D eigenvalue weighted by Crippen LogP contribution is -2.11. The van der Waals surface area contributed by atoms with Crippen molar-refractivity contribution in [2.24, 2.45) is 0 Å². The van der Waals surface area contributed by atoms with E-state index in [1.165, 1.54) is 12.3 Å². The van der Waals surface area contributed by atoms with Gasteiger partial charge in [0.25, 0.3) is 5.91 Å². The van der Waals surface area contributed by atoms with E-state index in [0.717, 1.165) is 0 Å². The molecule has 1 amide bonds. The molecule has 0 spiro atoms. The van der Waals surface area contributed by atoms with Gasteiger partial charge in [-0.15, -0.1) is 0 Å². The van der Waals surface area contributed by atoms with Crippen LogP contribution in [0.5, 0.6) is 5.75 Å². The molecular formula is C12H10N2O2. The first kappa shape index (κ1) is 10.2. The van der Waals surface area contributed by atoms with Crippen LogP contribution in [0.2, 0.25) is 0 Å². The fourth-order valence-electron chi connectivity index (χ4n) is 1.27. The number of amides is 1. The first-order valence-electron chi connectivity index (χ1n) is 4.77. The van der Waals surface area contributed by atoms with Gasteiger partial charge >= 0.3 is 0 Å². The van der Waals surface area contributed by atoms with E-state index in [-0.39, 0.29) is 11.7 Å². The van der Waals surface area contributed by atoms with Gasteiger partial charge in [0.05, 0.1) is 11.3 Å². The highest BCUT2D eigenvalue weighted by Gasteiger charge is 2.07. The van der Waals surface area contributed by atoms with Gasteiger partial charge in [0.2, 0.25) is 0 Å². The molecule has 0 saturated carbocycles. The standard InChI is InChI=1S/C12H10N2O2/c15-11-6-2-1-5-10(11)14-12(16)9-4-3-7-13-8-9/h1-8,15H,(H,14,16). The molecule has 80 valence electrons. The number of carbonyl (C=O) groups is 1. The number of phenols is 1. The van der Waals surface area contributed by atoms with Gasteiger partial charge in [-0.25, -0.2) is 0 Å². The quantitative estimate of drug-likeness (QED) is 0.752. The lowest BCUT2D eigenvalue weighted by molar-refractivity contribution is 0.102. The summed E-state index contributed by atoms with van der Waals surface area (Å²) in [5.41, 5.74) is 0.835. The zero-order chi connectivity index (χ0) is 11.4. The Morgan fingerprint density at radius 1 is 1.19 bits per heavy atom. The predicted molar refractivity (Wildman–Crippen MR) is 60.3 cm³/mol. The molecular weight excluding hydrogens is 204 g/mol. The highest BCUT2D eigenvalue weighted by atomic mass is 16.3. The van der Waals surface area contributed by atoms with Gasteiger partial charge in [-0.3, -0.25) is 9.78 Å². The van der Waals surface area contributed by atoms with Gasteiger partial charge in [0.1, 0.15) is 5.75 Å². The number of aromatic hydroxyl groups is 1. The largest absolute Gasteiger partial charge is 0.506 e. The van der Waals surface area contributed by atoms with E-state index in [2.05, 4.69) is 10.3 Å². The van der Waals surface area contributed by atoms with Crippen molar-refractivity contribution in [3.05, 3.63) is 54.4 Å². The first-order chi connectivity index (χ1) is 7.77. The number of para-hydroxylation sites is 2. The molecule has 0 aliphatic rings. The lowest BCUT2D eigenvalue weighted by atomic mass is 10.2. The fourth-order valence-corrected chi connectivity index (χ4v) is 1.27. The molecule has 2 N–H and O–H groups in total. The Bertz CT molecular complexity index is 497. The summed E-state index contributed by atoms with van der Waals surface area (Å²) in [5, 5.41) is 12.1. The van der Waals surface area contributed by atoms with Crippen LogP contribution in [0, 0.1) is 0 Å². The van der Waals surface area contributed by atoms with Crippen molar-refractivity contribution in [1.82, 2.24) is 4.98 Å². The van der Waals surface area contributed by atoms with Crippen molar-refractivity contribution in [2.45, 2.75) is 0 Å². The van der Waals surface area contributed by atoms with Crippen molar-refractivity contribution in [1.29, 1.82) is 0 Å². The second kappa shape index (κ2) is 4.44. The SMILES string of the molecule is O=C(Nc1ccccc1O)c1cccnc1. The average Bonchev–Trinajstić information content (AvgIpc) is 2.33. The molecule has 0 bridgehead atoms. The number of nitrogens with one attached hydrogen (secondary N) is 1. The average molecular weight is 214 g/mol. The molecule has 0 atom stereocenters. The number of hydrogen-bond acceptors (Lipinski definition) is 3. The zero-order valence-corrected chi connectivity index (χ0v) is 8.42. The number of aromatic nitrogens is 1. The van der Waals surface area contributed by atoms with Crippen LogP contribution in [-0.2, 0) is 0 Å². The minimum Gasteiger partial charge on any atom is -0.506 e. The van der Waals surface area contributed by atoms with E-state index < -0.39 is 0 Å². The minimum absolute atomic E-state index is 0.0414. The topological polar surface area (TPSA) is 62.2 Å². The zero-order valence-electron chi connectivity index (χ0n) is 8.42. The summed E-state index contributed by atoms with van der Waals surface area (Å²) in [5.74, 6) is -0.255. The van der Waals surface area contributed by atoms with Crippen LogP contribution in [-0.4, -0.2) is 16.0 Å². The van der Waals surface area contributed by atoms with Crippen molar-refractivity contribution in [3.63, 3.8) is 0 Å². The monoisotopic (exact) mass is 214 g/mol. The molecule has 4 nitrogen and oxygen atoms in total. The molecule has 0 saturated heterocycles. The van der Waals surface area contributed by atoms with Crippen molar-refractivity contribution in [2.75, 3.05) is 5.32 Å². The van der Waals surface area contributed by atoms with Crippen LogP contribution >= 0.6 is 0 Å². The number of benzene rings is 1. The molecule has 1 aromatic heterocycles. The highest BCUT2D eigenvalue weighted by Crippen LogP contribution is 2.21. The fraction of sp³-hybridized carbons (Fsp3) is 0. The smallest absolute Gasteiger partial charge is 0.257 e. The third-order valence-corrected chi connectivity index (χ3v) is 2.08. The van der Waals surface area contributed by atoms with Crippen LogP contribution in [0.3, 0.4) is 0 Å². The minimum atomic E-state index is -0.297. The number of pyridine rings is 1. The molecule has 1 heterocycles. The van der Waals surface area contributed by atoms with Crippen LogP contribution < -0.4 is 5.32 Å². The maximum Gasteiger partial charge on any atom is 0.257 e. The number of anilines is 1. The summed E-state index contributed by atoms with van der Waals surface area (Å²) in [6.45, 7) is 0. The number of carbonyl (C=O) groups excluding carboxylic acids is 1. The lowest BCUT2D eigenvalue weighted by Gasteiger charge is -2.06. The third-order valence-electron chi connectivity index (χ3n) is 2.08. The van der Waals surface area contributed by atoms with Crippen molar-refractivity contribution < 1.29 is 9.90 Å². The summed E-state index contributed by atoms with van der Waals surface area (Å²) >= 11 is 0. The Morgan fingerprint density at radius 3 is 2.69 bits per heavy atom. The van der Waals surface area contributed by atoms with E-state index >= 15 is 0 Å². The number of rotatable bonds is 2.